The third kappa shape index (κ3) is 7.23. The van der Waals surface area contributed by atoms with Crippen LogP contribution in [0.5, 0.6) is 5.75 Å². The van der Waals surface area contributed by atoms with Gasteiger partial charge in [-0.15, -0.1) is 0 Å². The molecule has 30 heavy (non-hydrogen) atoms. The monoisotopic (exact) mass is 533 g/mol. The summed E-state index contributed by atoms with van der Waals surface area (Å²) >= 11 is 0. The Morgan fingerprint density at radius 2 is 1.60 bits per heavy atom. The van der Waals surface area contributed by atoms with Crippen molar-refractivity contribution in [2.75, 3.05) is 26.0 Å². The number of nitrogens with one attached hydrogen (secondary N) is 1. The van der Waals surface area contributed by atoms with Gasteiger partial charge in [0.15, 0.2) is 0 Å². The lowest BCUT2D eigenvalue weighted by molar-refractivity contribution is -0.001000. The zero-order valence-electron chi connectivity index (χ0n) is 17.0. The van der Waals surface area contributed by atoms with Gasteiger partial charge in [-0.2, -0.15) is 0 Å². The highest BCUT2D eigenvalue weighted by molar-refractivity contribution is 6.04. The summed E-state index contributed by atoms with van der Waals surface area (Å²) in [4.78, 5) is 18.7. The minimum absolute atomic E-state index is 0. The van der Waals surface area contributed by atoms with Crippen molar-refractivity contribution in [2.24, 2.45) is 0 Å². The number of hydrogen-bond acceptors (Lipinski definition) is 4. The molecule has 0 aliphatic carbocycles. The molecule has 7 heteroatoms. The molecule has 0 saturated carbocycles. The van der Waals surface area contributed by atoms with Crippen LogP contribution in [0.3, 0.4) is 0 Å². The second-order valence-electron chi connectivity index (χ2n) is 7.02. The largest absolute Gasteiger partial charge is 1.00 e. The van der Waals surface area contributed by atoms with Crippen molar-refractivity contribution in [3.63, 3.8) is 0 Å². The molecule has 3 rings (SSSR count). The van der Waals surface area contributed by atoms with Gasteiger partial charge in [0.05, 0.1) is 0 Å². The molecule has 160 valence electrons. The van der Waals surface area contributed by atoms with E-state index >= 15 is 0 Å². The molecular weight excluding hydrogens is 510 g/mol. The van der Waals surface area contributed by atoms with E-state index in [0.717, 1.165) is 41.8 Å². The summed E-state index contributed by atoms with van der Waals surface area (Å²) in [6.45, 7) is 0.930. The maximum absolute atomic E-state index is 12.6. The zero-order chi connectivity index (χ0) is 19.9. The van der Waals surface area contributed by atoms with E-state index in [-0.39, 0.29) is 45.6 Å². The summed E-state index contributed by atoms with van der Waals surface area (Å²) in [7, 11) is 4.04. The maximum atomic E-state index is 12.6. The molecule has 0 unspecified atom stereocenters. The summed E-state index contributed by atoms with van der Waals surface area (Å²) in [6.07, 6.45) is 5.16. The highest BCUT2D eigenvalue weighted by Crippen LogP contribution is 2.23. The van der Waals surface area contributed by atoms with Crippen molar-refractivity contribution in [3.05, 3.63) is 78.1 Å². The topological polar surface area (TPSA) is 65.5 Å². The number of halogens is 2. The third-order valence-electron chi connectivity index (χ3n) is 4.55. The lowest BCUT2D eigenvalue weighted by Gasteiger charge is -2.11. The van der Waals surface area contributed by atoms with Crippen LogP contribution in [0.15, 0.2) is 67.0 Å². The van der Waals surface area contributed by atoms with Gasteiger partial charge in [-0.1, -0.05) is 12.1 Å². The van der Waals surface area contributed by atoms with Crippen molar-refractivity contribution in [1.82, 2.24) is 9.88 Å². The summed E-state index contributed by atoms with van der Waals surface area (Å²) in [5, 5.41) is 13.0. The molecule has 0 aliphatic heterocycles. The number of aryl methyl sites for hydroxylation is 1. The van der Waals surface area contributed by atoms with Crippen molar-refractivity contribution in [3.8, 4) is 16.9 Å². The Labute approximate surface area is 198 Å². The quantitative estimate of drug-likeness (QED) is 0.376. The Hall–Kier alpha value is -2.22. The van der Waals surface area contributed by atoms with Crippen molar-refractivity contribution in [1.29, 1.82) is 0 Å². The number of amides is 1. The van der Waals surface area contributed by atoms with Crippen LogP contribution < -0.4 is 39.3 Å². The number of anilines is 1. The fourth-order valence-corrected chi connectivity index (χ4v) is 3.01. The van der Waals surface area contributed by atoms with Crippen molar-refractivity contribution >= 4 is 11.6 Å². The summed E-state index contributed by atoms with van der Waals surface area (Å²) in [6, 6.07) is 16.6. The summed E-state index contributed by atoms with van der Waals surface area (Å²) in [5.74, 6) is 0.0440. The lowest BCUT2D eigenvalue weighted by atomic mass is 10.0. The van der Waals surface area contributed by atoms with Crippen LogP contribution in [-0.4, -0.2) is 41.5 Å². The number of pyridine rings is 1. The number of benzene rings is 2. The van der Waals surface area contributed by atoms with Crippen molar-refractivity contribution in [2.45, 2.75) is 12.8 Å². The number of aromatic nitrogens is 1. The molecule has 0 atom stereocenters. The highest BCUT2D eigenvalue weighted by atomic mass is 79.9. The molecule has 0 bridgehead atoms. The van der Waals surface area contributed by atoms with E-state index in [0.29, 0.717) is 5.56 Å². The van der Waals surface area contributed by atoms with Crippen molar-refractivity contribution < 1.29 is 43.9 Å². The molecule has 2 aromatic carbocycles. The fraction of sp³-hybridized carbons (Fsp3) is 0.217. The van der Waals surface area contributed by atoms with Gasteiger partial charge >= 0.3 is 0 Å². The van der Waals surface area contributed by atoms with Crippen LogP contribution in [0, 0.1) is 0 Å². The third-order valence-corrected chi connectivity index (χ3v) is 4.55. The smallest absolute Gasteiger partial charge is 0.255 e. The van der Waals surface area contributed by atoms with E-state index in [9.17, 15) is 9.90 Å². The van der Waals surface area contributed by atoms with Gasteiger partial charge in [-0.25, -0.2) is 0 Å². The average molecular weight is 535 g/mol. The Bertz CT molecular complexity index is 933. The average Bonchev–Trinajstić information content (AvgIpc) is 2.70. The summed E-state index contributed by atoms with van der Waals surface area (Å²) in [5.41, 5.74) is 4.20. The van der Waals surface area contributed by atoms with Crippen LogP contribution in [-0.2, 0) is 6.42 Å². The van der Waals surface area contributed by atoms with Crippen LogP contribution in [0.25, 0.3) is 11.1 Å². The Morgan fingerprint density at radius 3 is 2.23 bits per heavy atom. The number of phenolic OH excluding ortho intramolecular Hbond substituents is 1. The van der Waals surface area contributed by atoms with Gasteiger partial charge in [-0.05, 0) is 92.6 Å². The first-order chi connectivity index (χ1) is 13.5. The first kappa shape index (κ1) is 25.8. The van der Waals surface area contributed by atoms with Gasteiger partial charge in [0.2, 0.25) is 0 Å². The number of carbonyl (C=O) groups is 1. The molecule has 0 aliphatic rings. The molecular formula is C23H25Br2N3O2-2. The molecule has 0 saturated heterocycles. The van der Waals surface area contributed by atoms with Crippen LogP contribution in [0.2, 0.25) is 0 Å². The highest BCUT2D eigenvalue weighted by Gasteiger charge is 2.10. The van der Waals surface area contributed by atoms with E-state index in [1.54, 1.807) is 30.6 Å². The Morgan fingerprint density at radius 1 is 0.967 bits per heavy atom. The van der Waals surface area contributed by atoms with E-state index < -0.39 is 0 Å². The predicted molar refractivity (Wildman–Crippen MR) is 113 cm³/mol. The second kappa shape index (κ2) is 12.5. The van der Waals surface area contributed by atoms with Gasteiger partial charge in [0, 0.05) is 23.6 Å². The lowest BCUT2D eigenvalue weighted by Crippen LogP contribution is -3.00. The van der Waals surface area contributed by atoms with Crippen LogP contribution in [0.4, 0.5) is 5.69 Å². The minimum atomic E-state index is -0.189. The number of aromatic hydroxyl groups is 1. The van der Waals surface area contributed by atoms with Crippen LogP contribution >= 0.6 is 0 Å². The summed E-state index contributed by atoms with van der Waals surface area (Å²) < 4.78 is 0. The number of carbonyl (C=O) groups excluding carboxylic acids is 1. The number of nitrogens with zero attached hydrogens (tertiary/aromatic N) is 2. The van der Waals surface area contributed by atoms with Gasteiger partial charge in [-0.3, -0.25) is 9.78 Å². The zero-order valence-corrected chi connectivity index (χ0v) is 20.1. The maximum Gasteiger partial charge on any atom is 0.255 e. The van der Waals surface area contributed by atoms with E-state index in [2.05, 4.69) is 15.2 Å². The first-order valence-corrected chi connectivity index (χ1v) is 9.31. The van der Waals surface area contributed by atoms with Crippen LogP contribution in [0.1, 0.15) is 22.3 Å². The molecule has 0 spiro atoms. The SMILES string of the molecule is CN(C)CCCc1cc(C(=O)Nc2ccc(-c3ccncc3)cc2)ccc1O.[Br-].[Br-]. The number of hydrogen-bond donors (Lipinski definition) is 2. The second-order valence-corrected chi connectivity index (χ2v) is 7.02. The van der Waals surface area contributed by atoms with E-state index in [4.69, 9.17) is 0 Å². The molecule has 2 N–H and O–H groups in total. The first-order valence-electron chi connectivity index (χ1n) is 9.31. The normalized spacial score (nSPS) is 10.1. The molecule has 1 aromatic heterocycles. The van der Waals surface area contributed by atoms with E-state index in [1.165, 1.54) is 0 Å². The molecule has 0 fully saturated rings. The number of rotatable bonds is 7. The molecule has 0 radical (unpaired) electrons. The Kier molecular flexibility index (Phi) is 10.7. The van der Waals surface area contributed by atoms with Gasteiger partial charge in [0.1, 0.15) is 5.75 Å². The van der Waals surface area contributed by atoms with Gasteiger partial charge < -0.3 is 49.3 Å². The number of phenols is 1. The standard InChI is InChI=1S/C23H25N3O2.2BrH/c1-26(2)15-3-4-19-16-20(7-10-22(19)27)23(28)25-21-8-5-17(6-9-21)18-11-13-24-14-12-18;;/h5-14,16,27H,3-4,15H2,1-2H3,(H,25,28);2*1H/p-2. The minimum Gasteiger partial charge on any atom is -1.00 e. The molecule has 1 heterocycles. The van der Waals surface area contributed by atoms with E-state index in [1.807, 2.05) is 50.5 Å². The fourth-order valence-electron chi connectivity index (χ4n) is 3.01. The predicted octanol–water partition coefficient (Wildman–Crippen LogP) is -1.79. The molecule has 3 aromatic rings. The Balaban J connectivity index is 0.00000225. The molecule has 5 nitrogen and oxygen atoms in total. The molecule has 1 amide bonds. The van der Waals surface area contributed by atoms with Gasteiger partial charge in [0.25, 0.3) is 5.91 Å².